The Morgan fingerprint density at radius 1 is 1.00 bits per heavy atom. The molecule has 0 aromatic carbocycles. The van der Waals surface area contributed by atoms with E-state index in [-0.39, 0.29) is 104 Å². The molecular weight excluding hydrogens is 306 g/mol. The molecule has 0 saturated carbocycles. The summed E-state index contributed by atoms with van der Waals surface area (Å²) < 4.78 is 0. The summed E-state index contributed by atoms with van der Waals surface area (Å²) in [5.41, 5.74) is 0. The molecule has 1 atom stereocenters. The first-order chi connectivity index (χ1) is 5.16. The van der Waals surface area contributed by atoms with Crippen LogP contribution in [0.3, 0.4) is 0 Å². The fraction of sp³-hybridized carbons (Fsp3) is 0.909. The maximum absolute atomic E-state index is 3.25. The van der Waals surface area contributed by atoms with Gasteiger partial charge < -0.3 is 26.6 Å². The molecule has 0 aliphatic rings. The maximum Gasteiger partial charge on any atom is 1.00 e. The van der Waals surface area contributed by atoms with Crippen molar-refractivity contribution >= 4 is 13.5 Å². The maximum atomic E-state index is 3.25. The SMILES string of the molecule is CCC(C)CCC(C)C.[CH2-]C.[K+].[NH2-].[SH-].[Y]. The normalized spacial score (nSPS) is 9.00. The minimum Gasteiger partial charge on any atom is -0.813 e. The Labute approximate surface area is 173 Å². The van der Waals surface area contributed by atoms with Crippen molar-refractivity contribution in [1.29, 1.82) is 0 Å². The number of hydrogen-bond donors (Lipinski definition) is 0. The minimum atomic E-state index is 0. The first-order valence-corrected chi connectivity index (χ1v) is 4.87. The monoisotopic (exact) mass is 334 g/mol. The molecule has 0 bridgehead atoms. The quantitative estimate of drug-likeness (QED) is 0.334. The van der Waals surface area contributed by atoms with E-state index in [9.17, 15) is 0 Å². The van der Waals surface area contributed by atoms with Gasteiger partial charge in [0, 0.05) is 32.7 Å². The van der Waals surface area contributed by atoms with E-state index in [1.807, 2.05) is 0 Å². The zero-order chi connectivity index (χ0) is 9.28. The molecule has 0 heterocycles. The smallest absolute Gasteiger partial charge is 0.813 e. The average Bonchev–Trinajstić information content (AvgIpc) is 2.04. The molecule has 0 amide bonds. The largest absolute Gasteiger partial charge is 1.00 e. The van der Waals surface area contributed by atoms with Crippen LogP contribution in [0.25, 0.3) is 6.15 Å². The van der Waals surface area contributed by atoms with Crippen LogP contribution >= 0.6 is 0 Å². The second-order valence-electron chi connectivity index (χ2n) is 3.48. The van der Waals surface area contributed by atoms with E-state index in [1.54, 1.807) is 6.92 Å². The molecule has 0 aliphatic carbocycles. The zero-order valence-electron chi connectivity index (χ0n) is 11.6. The molecule has 89 valence electrons. The summed E-state index contributed by atoms with van der Waals surface area (Å²) in [5.74, 6) is 1.83. The van der Waals surface area contributed by atoms with E-state index in [1.165, 1.54) is 19.3 Å². The van der Waals surface area contributed by atoms with Crippen LogP contribution in [0.2, 0.25) is 0 Å². The molecule has 1 nitrogen and oxygen atoms in total. The molecule has 2 N–H and O–H groups in total. The van der Waals surface area contributed by atoms with E-state index < -0.39 is 0 Å². The van der Waals surface area contributed by atoms with Gasteiger partial charge in [-0.25, -0.2) is 0 Å². The van der Waals surface area contributed by atoms with Gasteiger partial charge in [-0.3, -0.25) is 0 Å². The fourth-order valence-electron chi connectivity index (χ4n) is 0.822. The van der Waals surface area contributed by atoms with Crippen LogP contribution in [0.5, 0.6) is 0 Å². The van der Waals surface area contributed by atoms with E-state index in [0.717, 1.165) is 11.8 Å². The molecule has 0 aliphatic heterocycles. The van der Waals surface area contributed by atoms with Crippen LogP contribution in [0.4, 0.5) is 0 Å². The molecule has 0 spiro atoms. The van der Waals surface area contributed by atoms with Crippen LogP contribution in [-0.2, 0) is 46.2 Å². The topological polar surface area (TPSA) is 33.5 Å². The Balaban J connectivity index is -0.0000000317. The van der Waals surface area contributed by atoms with E-state index in [2.05, 4.69) is 34.6 Å². The van der Waals surface area contributed by atoms with E-state index in [4.69, 9.17) is 0 Å². The van der Waals surface area contributed by atoms with Crippen LogP contribution in [-0.4, -0.2) is 0 Å². The first-order valence-electron chi connectivity index (χ1n) is 4.87. The van der Waals surface area contributed by atoms with Crippen LogP contribution in [0.15, 0.2) is 0 Å². The van der Waals surface area contributed by atoms with Gasteiger partial charge in [-0.2, -0.15) is 6.92 Å². The van der Waals surface area contributed by atoms with Gasteiger partial charge in [0.15, 0.2) is 0 Å². The van der Waals surface area contributed by atoms with Crippen molar-refractivity contribution in [3.63, 3.8) is 0 Å². The molecule has 0 rings (SSSR count). The molecule has 0 aromatic heterocycles. The predicted molar refractivity (Wildman–Crippen MR) is 68.6 cm³/mol. The van der Waals surface area contributed by atoms with Gasteiger partial charge in [-0.05, 0) is 11.8 Å². The molecule has 0 aromatic rings. The van der Waals surface area contributed by atoms with Gasteiger partial charge in [0.25, 0.3) is 0 Å². The van der Waals surface area contributed by atoms with Crippen LogP contribution in [0.1, 0.15) is 53.9 Å². The van der Waals surface area contributed by atoms with Crippen molar-refractivity contribution in [3.8, 4) is 0 Å². The third-order valence-corrected chi connectivity index (χ3v) is 1.93. The molecule has 1 radical (unpaired) electrons. The number of hydrogen-bond acceptors (Lipinski definition) is 1. The standard InChI is InChI=1S/C9H20.C2H5.K.H2N.H2S.Y/c1-5-9(4)7-6-8(2)3;1-2;;;;/h8-9H,5-7H2,1-4H3;1H2,2H3;;2*1H2;/q;-1;+1;-1;;/p-1. The summed E-state index contributed by atoms with van der Waals surface area (Å²) in [6.07, 6.45) is 4.15. The Hall–Kier alpha value is 3.05. The van der Waals surface area contributed by atoms with Gasteiger partial charge >= 0.3 is 51.4 Å². The number of nitrogens with two attached hydrogens (primary N) is 1. The van der Waals surface area contributed by atoms with Crippen molar-refractivity contribution < 1.29 is 84.1 Å². The Morgan fingerprint density at radius 3 is 1.53 bits per heavy atom. The molecule has 0 fully saturated rings. The van der Waals surface area contributed by atoms with Crippen molar-refractivity contribution in [2.45, 2.75) is 53.9 Å². The average molecular weight is 334 g/mol. The first kappa shape index (κ1) is 36.1. The molecule has 4 heteroatoms. The molecular formula is C11H28KNSY-2. The molecule has 15 heavy (non-hydrogen) atoms. The van der Waals surface area contributed by atoms with Crippen molar-refractivity contribution in [3.05, 3.63) is 13.1 Å². The summed E-state index contributed by atoms with van der Waals surface area (Å²) >= 11 is 0. The van der Waals surface area contributed by atoms with Crippen molar-refractivity contribution in [2.24, 2.45) is 11.8 Å². The number of rotatable bonds is 4. The van der Waals surface area contributed by atoms with Crippen LogP contribution < -0.4 is 51.4 Å². The Kier molecular flexibility index (Phi) is 72.9. The summed E-state index contributed by atoms with van der Waals surface area (Å²) in [7, 11) is 0. The molecule has 1 unspecified atom stereocenters. The van der Waals surface area contributed by atoms with E-state index in [0.29, 0.717) is 0 Å². The Morgan fingerprint density at radius 2 is 1.33 bits per heavy atom. The van der Waals surface area contributed by atoms with Crippen molar-refractivity contribution in [1.82, 2.24) is 0 Å². The summed E-state index contributed by atoms with van der Waals surface area (Å²) in [6.45, 7) is 14.2. The summed E-state index contributed by atoms with van der Waals surface area (Å²) in [6, 6.07) is 0. The summed E-state index contributed by atoms with van der Waals surface area (Å²) in [4.78, 5) is 0. The minimum absolute atomic E-state index is 0. The third-order valence-electron chi connectivity index (χ3n) is 1.93. The van der Waals surface area contributed by atoms with Crippen LogP contribution in [0, 0.1) is 18.8 Å². The fourth-order valence-corrected chi connectivity index (χ4v) is 0.822. The van der Waals surface area contributed by atoms with Gasteiger partial charge in [-0.1, -0.05) is 47.0 Å². The Bertz CT molecular complexity index is 75.6. The van der Waals surface area contributed by atoms with Gasteiger partial charge in [0.1, 0.15) is 0 Å². The van der Waals surface area contributed by atoms with Gasteiger partial charge in [-0.15, -0.1) is 0 Å². The van der Waals surface area contributed by atoms with Gasteiger partial charge in [0.05, 0.1) is 0 Å². The predicted octanol–water partition coefficient (Wildman–Crippen LogP) is 1.76. The van der Waals surface area contributed by atoms with E-state index >= 15 is 0 Å². The zero-order valence-corrected chi connectivity index (χ0v) is 18.4. The number of thiol groups is 1. The second-order valence-corrected chi connectivity index (χ2v) is 3.48. The summed E-state index contributed by atoms with van der Waals surface area (Å²) in [5, 5.41) is 0. The third kappa shape index (κ3) is 38.2. The van der Waals surface area contributed by atoms with Crippen molar-refractivity contribution in [2.75, 3.05) is 0 Å². The van der Waals surface area contributed by atoms with Gasteiger partial charge in [0.2, 0.25) is 0 Å². The second kappa shape index (κ2) is 30.2. The molecule has 0 saturated heterocycles.